The smallest absolute Gasteiger partial charge is 0.251 e. The average molecular weight is 339 g/mol. The van der Waals surface area contributed by atoms with E-state index in [1.165, 1.54) is 6.92 Å². The lowest BCUT2D eigenvalue weighted by molar-refractivity contribution is -0.114. The van der Waals surface area contributed by atoms with E-state index >= 15 is 0 Å². The van der Waals surface area contributed by atoms with Gasteiger partial charge in [0.15, 0.2) is 0 Å². The van der Waals surface area contributed by atoms with Crippen molar-refractivity contribution in [3.63, 3.8) is 0 Å². The molecule has 0 saturated heterocycles. The molecule has 5 nitrogen and oxygen atoms in total. The molecule has 1 atom stereocenters. The van der Waals surface area contributed by atoms with E-state index in [2.05, 4.69) is 29.8 Å². The van der Waals surface area contributed by atoms with Crippen LogP contribution < -0.4 is 16.0 Å². The first-order chi connectivity index (χ1) is 12.0. The fourth-order valence-electron chi connectivity index (χ4n) is 2.45. The van der Waals surface area contributed by atoms with E-state index in [1.807, 2.05) is 30.3 Å². The molecule has 5 heteroatoms. The molecule has 0 aliphatic rings. The number of carbonyl (C=O) groups is 2. The first-order valence-corrected chi connectivity index (χ1v) is 8.43. The van der Waals surface area contributed by atoms with E-state index in [0.29, 0.717) is 23.7 Å². The third-order valence-corrected chi connectivity index (χ3v) is 3.86. The molecule has 0 bridgehead atoms. The summed E-state index contributed by atoms with van der Waals surface area (Å²) in [5.74, 6) is 0.0309. The molecule has 0 fully saturated rings. The lowest BCUT2D eigenvalue weighted by Gasteiger charge is -2.24. The molecule has 0 aliphatic carbocycles. The van der Waals surface area contributed by atoms with Crippen LogP contribution in [0.1, 0.15) is 31.1 Å². The maximum atomic E-state index is 12.4. The van der Waals surface area contributed by atoms with Crippen LogP contribution in [0, 0.1) is 5.92 Å². The van der Waals surface area contributed by atoms with Crippen molar-refractivity contribution in [3.8, 4) is 0 Å². The zero-order valence-electron chi connectivity index (χ0n) is 14.9. The molecule has 0 saturated carbocycles. The van der Waals surface area contributed by atoms with Crippen LogP contribution in [-0.2, 0) is 4.79 Å². The maximum Gasteiger partial charge on any atom is 0.251 e. The molecule has 2 aromatic rings. The highest BCUT2D eigenvalue weighted by molar-refractivity contribution is 5.96. The summed E-state index contributed by atoms with van der Waals surface area (Å²) >= 11 is 0. The van der Waals surface area contributed by atoms with Crippen LogP contribution in [0.5, 0.6) is 0 Å². The molecule has 2 amide bonds. The highest BCUT2D eigenvalue weighted by Crippen LogP contribution is 2.13. The third-order valence-electron chi connectivity index (χ3n) is 3.86. The molecule has 2 aromatic carbocycles. The van der Waals surface area contributed by atoms with Gasteiger partial charge in [-0.05, 0) is 36.2 Å². The minimum absolute atomic E-state index is 0.116. The molecule has 0 aliphatic heterocycles. The second-order valence-electron chi connectivity index (χ2n) is 6.33. The van der Waals surface area contributed by atoms with Crippen molar-refractivity contribution >= 4 is 23.2 Å². The predicted molar refractivity (Wildman–Crippen MR) is 102 cm³/mol. The van der Waals surface area contributed by atoms with Gasteiger partial charge in [-0.25, -0.2) is 0 Å². The highest BCUT2D eigenvalue weighted by Gasteiger charge is 2.15. The van der Waals surface area contributed by atoms with Crippen molar-refractivity contribution in [1.82, 2.24) is 5.32 Å². The zero-order valence-corrected chi connectivity index (χ0v) is 14.9. The van der Waals surface area contributed by atoms with Crippen LogP contribution in [0.4, 0.5) is 11.4 Å². The summed E-state index contributed by atoms with van der Waals surface area (Å²) in [5, 5.41) is 9.10. The van der Waals surface area contributed by atoms with Crippen molar-refractivity contribution < 1.29 is 9.59 Å². The van der Waals surface area contributed by atoms with Gasteiger partial charge in [-0.3, -0.25) is 9.59 Å². The number of hydrogen-bond donors (Lipinski definition) is 3. The normalized spacial score (nSPS) is 11.7. The Morgan fingerprint density at radius 3 is 2.28 bits per heavy atom. The summed E-state index contributed by atoms with van der Waals surface area (Å²) in [6.07, 6.45) is 0. The van der Waals surface area contributed by atoms with Crippen molar-refractivity contribution in [2.24, 2.45) is 5.92 Å². The van der Waals surface area contributed by atoms with Gasteiger partial charge in [-0.2, -0.15) is 0 Å². The summed E-state index contributed by atoms with van der Waals surface area (Å²) in [6, 6.07) is 17.0. The molecule has 0 radical (unpaired) electrons. The van der Waals surface area contributed by atoms with E-state index in [-0.39, 0.29) is 17.9 Å². The fraction of sp³-hybridized carbons (Fsp3) is 0.300. The summed E-state index contributed by atoms with van der Waals surface area (Å²) < 4.78 is 0. The Kier molecular flexibility index (Phi) is 6.57. The molecule has 3 N–H and O–H groups in total. The van der Waals surface area contributed by atoms with Crippen molar-refractivity contribution in [2.75, 3.05) is 17.2 Å². The first-order valence-electron chi connectivity index (χ1n) is 8.43. The third kappa shape index (κ3) is 5.95. The van der Waals surface area contributed by atoms with Gasteiger partial charge >= 0.3 is 0 Å². The minimum atomic E-state index is -0.163. The standard InChI is InChI=1S/C20H25N3O2/c1-14(2)19(23-17-9-5-4-6-10-17)13-21-20(25)16-8-7-11-18(12-16)22-15(3)24/h4-12,14,19,23H,13H2,1-3H3,(H,21,25)(H,22,24)/t19-/m0/s1. The Balaban J connectivity index is 1.98. The quantitative estimate of drug-likeness (QED) is 0.723. The van der Waals surface area contributed by atoms with E-state index in [0.717, 1.165) is 5.69 Å². The van der Waals surface area contributed by atoms with Gasteiger partial charge in [-0.15, -0.1) is 0 Å². The topological polar surface area (TPSA) is 70.2 Å². The molecule has 0 unspecified atom stereocenters. The Morgan fingerprint density at radius 2 is 1.64 bits per heavy atom. The van der Waals surface area contributed by atoms with Crippen molar-refractivity contribution in [1.29, 1.82) is 0 Å². The number of amides is 2. The molecule has 2 rings (SSSR count). The van der Waals surface area contributed by atoms with Gasteiger partial charge in [0, 0.05) is 36.4 Å². The lowest BCUT2D eigenvalue weighted by Crippen LogP contribution is -2.39. The van der Waals surface area contributed by atoms with Crippen LogP contribution in [0.3, 0.4) is 0 Å². The van der Waals surface area contributed by atoms with Crippen LogP contribution in [0.25, 0.3) is 0 Å². The molecule has 132 valence electrons. The molecular weight excluding hydrogens is 314 g/mol. The number of carbonyl (C=O) groups excluding carboxylic acids is 2. The highest BCUT2D eigenvalue weighted by atomic mass is 16.2. The number of anilines is 2. The fourth-order valence-corrected chi connectivity index (χ4v) is 2.45. The number of para-hydroxylation sites is 1. The number of nitrogens with one attached hydrogen (secondary N) is 3. The zero-order chi connectivity index (χ0) is 18.2. The Hall–Kier alpha value is -2.82. The number of hydrogen-bond acceptors (Lipinski definition) is 3. The summed E-state index contributed by atoms with van der Waals surface area (Å²) in [7, 11) is 0. The number of rotatable bonds is 7. The van der Waals surface area contributed by atoms with E-state index < -0.39 is 0 Å². The molecular formula is C20H25N3O2. The Bertz CT molecular complexity index is 714. The van der Waals surface area contributed by atoms with E-state index in [1.54, 1.807) is 24.3 Å². The van der Waals surface area contributed by atoms with Crippen LogP contribution in [0.15, 0.2) is 54.6 Å². The van der Waals surface area contributed by atoms with Crippen LogP contribution in [-0.4, -0.2) is 24.4 Å². The van der Waals surface area contributed by atoms with Crippen molar-refractivity contribution in [3.05, 3.63) is 60.2 Å². The summed E-state index contributed by atoms with van der Waals surface area (Å²) in [4.78, 5) is 23.5. The monoisotopic (exact) mass is 339 g/mol. The van der Waals surface area contributed by atoms with Crippen LogP contribution >= 0.6 is 0 Å². The van der Waals surface area contributed by atoms with Gasteiger partial charge in [0.25, 0.3) is 5.91 Å². The van der Waals surface area contributed by atoms with Gasteiger partial charge in [-0.1, -0.05) is 38.1 Å². The Morgan fingerprint density at radius 1 is 0.960 bits per heavy atom. The van der Waals surface area contributed by atoms with Gasteiger partial charge < -0.3 is 16.0 Å². The van der Waals surface area contributed by atoms with Gasteiger partial charge in [0.05, 0.1) is 0 Å². The van der Waals surface area contributed by atoms with Gasteiger partial charge in [0.2, 0.25) is 5.91 Å². The largest absolute Gasteiger partial charge is 0.380 e. The van der Waals surface area contributed by atoms with Crippen molar-refractivity contribution in [2.45, 2.75) is 26.8 Å². The Labute approximate surface area is 148 Å². The average Bonchev–Trinajstić information content (AvgIpc) is 2.58. The molecule has 0 spiro atoms. The maximum absolute atomic E-state index is 12.4. The SMILES string of the molecule is CC(=O)Nc1cccc(C(=O)NC[C@H](Nc2ccccc2)C(C)C)c1. The van der Waals surface area contributed by atoms with Gasteiger partial charge in [0.1, 0.15) is 0 Å². The van der Waals surface area contributed by atoms with E-state index in [4.69, 9.17) is 0 Å². The lowest BCUT2D eigenvalue weighted by atomic mass is 10.0. The second kappa shape index (κ2) is 8.87. The molecule has 25 heavy (non-hydrogen) atoms. The van der Waals surface area contributed by atoms with Crippen LogP contribution in [0.2, 0.25) is 0 Å². The minimum Gasteiger partial charge on any atom is -0.380 e. The van der Waals surface area contributed by atoms with E-state index in [9.17, 15) is 9.59 Å². The molecule has 0 aromatic heterocycles. The summed E-state index contributed by atoms with van der Waals surface area (Å²) in [5.41, 5.74) is 2.17. The second-order valence-corrected chi connectivity index (χ2v) is 6.33. The molecule has 0 heterocycles. The number of benzene rings is 2. The first kappa shape index (κ1) is 18.5. The summed E-state index contributed by atoms with van der Waals surface area (Å²) in [6.45, 7) is 6.18. The predicted octanol–water partition coefficient (Wildman–Crippen LogP) is 3.51.